The highest BCUT2D eigenvalue weighted by Gasteiger charge is 2.28. The standard InChI is InChI=1S/C18H32NO4/c1-2-3-4-5-9-12-15-18(21)17(19(22)23)14-11-8-6-7-10-13-16-20/h9,12,17-18,21H,2-8,10-11,13-15H2,1H3/b12-9-. The molecule has 0 aromatic heterocycles. The van der Waals surface area contributed by atoms with Gasteiger partial charge in [-0.05, 0) is 32.1 Å². The van der Waals surface area contributed by atoms with Crippen LogP contribution in [0.15, 0.2) is 12.2 Å². The molecule has 23 heavy (non-hydrogen) atoms. The van der Waals surface area contributed by atoms with Crippen molar-refractivity contribution in [2.45, 2.75) is 96.1 Å². The monoisotopic (exact) mass is 326 g/mol. The fraction of sp³-hybridized carbons (Fsp3) is 0.833. The van der Waals surface area contributed by atoms with E-state index in [0.29, 0.717) is 19.3 Å². The van der Waals surface area contributed by atoms with Gasteiger partial charge in [0, 0.05) is 17.8 Å². The number of allylic oxidation sites excluding steroid dienone is 1. The molecule has 0 aromatic carbocycles. The molecule has 133 valence electrons. The first-order chi connectivity index (χ1) is 11.1. The van der Waals surface area contributed by atoms with Gasteiger partial charge in [0.05, 0.1) is 0 Å². The van der Waals surface area contributed by atoms with Crippen LogP contribution in [-0.4, -0.2) is 28.5 Å². The van der Waals surface area contributed by atoms with Crippen LogP contribution in [0.25, 0.3) is 0 Å². The van der Waals surface area contributed by atoms with Crippen molar-refractivity contribution < 1.29 is 14.8 Å². The Morgan fingerprint density at radius 2 is 1.78 bits per heavy atom. The molecule has 1 radical (unpaired) electrons. The van der Waals surface area contributed by atoms with Crippen LogP contribution in [0, 0.1) is 10.1 Å². The first-order valence-corrected chi connectivity index (χ1v) is 8.95. The number of nitro groups is 1. The molecule has 0 aliphatic heterocycles. The maximum Gasteiger partial charge on any atom is 0.238 e. The molecule has 0 aromatic rings. The SMILES string of the molecule is CCCCC/C=C\CC(O)C(CCCCCCC[C]=O)[N+](=O)[O-]. The highest BCUT2D eigenvalue weighted by atomic mass is 16.6. The number of carbonyl (C=O) groups excluding carboxylic acids is 1. The second-order valence-corrected chi connectivity index (χ2v) is 6.07. The summed E-state index contributed by atoms with van der Waals surface area (Å²) < 4.78 is 0. The maximum absolute atomic E-state index is 11.1. The van der Waals surface area contributed by atoms with Gasteiger partial charge in [-0.2, -0.15) is 0 Å². The highest BCUT2D eigenvalue weighted by Crippen LogP contribution is 2.15. The van der Waals surface area contributed by atoms with E-state index in [-0.39, 0.29) is 4.92 Å². The summed E-state index contributed by atoms with van der Waals surface area (Å²) in [6.07, 6.45) is 15.0. The van der Waals surface area contributed by atoms with Gasteiger partial charge in [-0.25, -0.2) is 0 Å². The number of unbranched alkanes of at least 4 members (excludes halogenated alkanes) is 8. The number of aliphatic hydroxyl groups excluding tert-OH is 1. The van der Waals surface area contributed by atoms with Crippen molar-refractivity contribution in [3.63, 3.8) is 0 Å². The van der Waals surface area contributed by atoms with E-state index in [9.17, 15) is 20.0 Å². The Labute approximate surface area is 140 Å². The van der Waals surface area contributed by atoms with Crippen LogP contribution >= 0.6 is 0 Å². The predicted molar refractivity (Wildman–Crippen MR) is 92.7 cm³/mol. The lowest BCUT2D eigenvalue weighted by molar-refractivity contribution is -0.535. The summed E-state index contributed by atoms with van der Waals surface area (Å²) in [5.41, 5.74) is 0. The lowest BCUT2D eigenvalue weighted by atomic mass is 10.00. The Kier molecular flexibility index (Phi) is 14.8. The molecule has 0 saturated heterocycles. The number of aliphatic hydroxyl groups is 1. The van der Waals surface area contributed by atoms with Gasteiger partial charge in [0.25, 0.3) is 0 Å². The molecule has 0 heterocycles. The predicted octanol–water partition coefficient (Wildman–Crippen LogP) is 4.36. The molecule has 0 bridgehead atoms. The molecule has 0 saturated carbocycles. The molecule has 1 N–H and O–H groups in total. The van der Waals surface area contributed by atoms with Crippen LogP contribution in [0.3, 0.4) is 0 Å². The van der Waals surface area contributed by atoms with Crippen molar-refractivity contribution in [2.75, 3.05) is 0 Å². The zero-order valence-corrected chi connectivity index (χ0v) is 14.4. The van der Waals surface area contributed by atoms with Crippen LogP contribution in [0.4, 0.5) is 0 Å². The van der Waals surface area contributed by atoms with Crippen molar-refractivity contribution in [1.82, 2.24) is 0 Å². The minimum Gasteiger partial charge on any atom is -0.386 e. The summed E-state index contributed by atoms with van der Waals surface area (Å²) in [5.74, 6) is 0. The lowest BCUT2D eigenvalue weighted by Gasteiger charge is -2.14. The average molecular weight is 326 g/mol. The molecule has 0 aliphatic rings. The normalized spacial score (nSPS) is 14.0. The van der Waals surface area contributed by atoms with Gasteiger partial charge in [-0.15, -0.1) is 0 Å². The molecule has 0 fully saturated rings. The van der Waals surface area contributed by atoms with Crippen LogP contribution in [0.5, 0.6) is 0 Å². The minimum absolute atomic E-state index is 0.350. The topological polar surface area (TPSA) is 80.4 Å². The summed E-state index contributed by atoms with van der Waals surface area (Å²) in [5, 5.41) is 21.1. The summed E-state index contributed by atoms with van der Waals surface area (Å²) in [6.45, 7) is 2.15. The number of hydrogen-bond donors (Lipinski definition) is 1. The lowest BCUT2D eigenvalue weighted by Crippen LogP contribution is -2.33. The van der Waals surface area contributed by atoms with Crippen LogP contribution < -0.4 is 0 Å². The van der Waals surface area contributed by atoms with E-state index in [1.807, 2.05) is 18.4 Å². The molecule has 0 spiro atoms. The first kappa shape index (κ1) is 21.8. The van der Waals surface area contributed by atoms with Crippen molar-refractivity contribution in [1.29, 1.82) is 0 Å². The summed E-state index contributed by atoms with van der Waals surface area (Å²) in [4.78, 5) is 20.8. The first-order valence-electron chi connectivity index (χ1n) is 8.95. The van der Waals surface area contributed by atoms with Crippen molar-refractivity contribution in [3.05, 3.63) is 22.3 Å². The van der Waals surface area contributed by atoms with Crippen molar-refractivity contribution in [2.24, 2.45) is 0 Å². The summed E-state index contributed by atoms with van der Waals surface area (Å²) >= 11 is 0. The Morgan fingerprint density at radius 3 is 2.43 bits per heavy atom. The Bertz CT molecular complexity index is 331. The van der Waals surface area contributed by atoms with Crippen LogP contribution in [-0.2, 0) is 4.79 Å². The van der Waals surface area contributed by atoms with Gasteiger partial charge < -0.3 is 5.11 Å². The van der Waals surface area contributed by atoms with Crippen LogP contribution in [0.2, 0.25) is 0 Å². The van der Waals surface area contributed by atoms with Gasteiger partial charge in [-0.1, -0.05) is 51.2 Å². The fourth-order valence-electron chi connectivity index (χ4n) is 2.54. The minimum atomic E-state index is -0.905. The van der Waals surface area contributed by atoms with Gasteiger partial charge in [0.15, 0.2) is 6.29 Å². The molecule has 5 nitrogen and oxygen atoms in total. The van der Waals surface area contributed by atoms with E-state index in [1.165, 1.54) is 12.8 Å². The van der Waals surface area contributed by atoms with Gasteiger partial charge in [0.1, 0.15) is 6.10 Å². The largest absolute Gasteiger partial charge is 0.386 e. The summed E-state index contributed by atoms with van der Waals surface area (Å²) in [7, 11) is 0. The second kappa shape index (κ2) is 15.7. The zero-order chi connectivity index (χ0) is 17.3. The fourth-order valence-corrected chi connectivity index (χ4v) is 2.54. The molecule has 2 atom stereocenters. The van der Waals surface area contributed by atoms with E-state index < -0.39 is 12.1 Å². The molecule has 0 rings (SSSR count). The second-order valence-electron chi connectivity index (χ2n) is 6.07. The molecule has 0 amide bonds. The third kappa shape index (κ3) is 13.0. The average Bonchev–Trinajstić information content (AvgIpc) is 2.52. The maximum atomic E-state index is 11.1. The molecule has 0 aliphatic carbocycles. The van der Waals surface area contributed by atoms with Gasteiger partial charge >= 0.3 is 0 Å². The number of hydrogen-bond acceptors (Lipinski definition) is 4. The Balaban J connectivity index is 3.90. The molecular formula is C18H32NO4. The van der Waals surface area contributed by atoms with Crippen molar-refractivity contribution in [3.8, 4) is 0 Å². The van der Waals surface area contributed by atoms with Gasteiger partial charge in [0.2, 0.25) is 6.04 Å². The van der Waals surface area contributed by atoms with Gasteiger partial charge in [-0.3, -0.25) is 14.9 Å². The Morgan fingerprint density at radius 1 is 1.09 bits per heavy atom. The van der Waals surface area contributed by atoms with Crippen LogP contribution in [0.1, 0.15) is 84.0 Å². The summed E-state index contributed by atoms with van der Waals surface area (Å²) in [6, 6.07) is -0.876. The van der Waals surface area contributed by atoms with E-state index in [0.717, 1.165) is 44.9 Å². The quantitative estimate of drug-likeness (QED) is 0.198. The Hall–Kier alpha value is -1.23. The molecule has 2 unspecified atom stereocenters. The number of nitrogens with zero attached hydrogens (tertiary/aromatic N) is 1. The number of rotatable bonds is 16. The third-order valence-corrected chi connectivity index (χ3v) is 4.01. The smallest absolute Gasteiger partial charge is 0.238 e. The zero-order valence-electron chi connectivity index (χ0n) is 14.4. The van der Waals surface area contributed by atoms with E-state index in [4.69, 9.17) is 0 Å². The van der Waals surface area contributed by atoms with E-state index in [2.05, 4.69) is 6.92 Å². The van der Waals surface area contributed by atoms with E-state index >= 15 is 0 Å². The third-order valence-electron chi connectivity index (χ3n) is 4.01. The highest BCUT2D eigenvalue weighted by molar-refractivity contribution is 5.50. The molecule has 5 heteroatoms. The van der Waals surface area contributed by atoms with E-state index in [1.54, 1.807) is 0 Å². The molecular weight excluding hydrogens is 294 g/mol. The van der Waals surface area contributed by atoms with Crippen molar-refractivity contribution >= 4 is 6.29 Å².